The molecule has 1 heterocycles. The molecule has 0 radical (unpaired) electrons. The van der Waals surface area contributed by atoms with Gasteiger partial charge in [-0.2, -0.15) is 0 Å². The van der Waals surface area contributed by atoms with Gasteiger partial charge in [0.25, 0.3) is 23.4 Å². The molecule has 3 aromatic rings. The zero-order valence-electron chi connectivity index (χ0n) is 16.1. The summed E-state index contributed by atoms with van der Waals surface area (Å²) in [6.07, 6.45) is 0. The number of carboxylic acids is 1. The first kappa shape index (κ1) is 20.4. The van der Waals surface area contributed by atoms with Gasteiger partial charge in [0.2, 0.25) is 0 Å². The van der Waals surface area contributed by atoms with Gasteiger partial charge in [0.15, 0.2) is 0 Å². The van der Waals surface area contributed by atoms with Gasteiger partial charge in [0.1, 0.15) is 0 Å². The molecule has 0 spiro atoms. The number of benzene rings is 3. The second-order valence-corrected chi connectivity index (χ2v) is 6.77. The molecule has 0 saturated carbocycles. The van der Waals surface area contributed by atoms with Crippen LogP contribution in [0, 0.1) is 10.1 Å². The van der Waals surface area contributed by atoms with Crippen LogP contribution in [0.3, 0.4) is 0 Å². The Morgan fingerprint density at radius 2 is 1.59 bits per heavy atom. The number of para-hydroxylation sites is 1. The van der Waals surface area contributed by atoms with E-state index in [1.165, 1.54) is 60.7 Å². The first-order chi connectivity index (χ1) is 15.3. The van der Waals surface area contributed by atoms with E-state index in [0.717, 1.165) is 11.0 Å². The monoisotopic (exact) mass is 430 g/mol. The number of hydrogen-bond donors (Lipinski definition) is 1. The molecule has 3 amide bonds. The van der Waals surface area contributed by atoms with Crippen molar-refractivity contribution in [2.75, 3.05) is 10.2 Å². The standard InChI is InChI=1S/C22H13N3O7/c26-19(23-18-7-2-1-6-16(18)22(29)30)12-8-9-15-17(10-12)21(28)24(20(15)27)13-4-3-5-14(11-13)25(31)32/h1-11H,(H,23,26)(H,29,30)/p-1. The van der Waals surface area contributed by atoms with Crippen LogP contribution in [-0.2, 0) is 0 Å². The number of aromatic carboxylic acids is 1. The Morgan fingerprint density at radius 3 is 2.31 bits per heavy atom. The molecule has 0 unspecified atom stereocenters. The van der Waals surface area contributed by atoms with Gasteiger partial charge >= 0.3 is 0 Å². The second-order valence-electron chi connectivity index (χ2n) is 6.77. The van der Waals surface area contributed by atoms with Gasteiger partial charge in [-0.3, -0.25) is 24.5 Å². The van der Waals surface area contributed by atoms with Crippen LogP contribution in [0.1, 0.15) is 41.4 Å². The Labute approximate surface area is 179 Å². The summed E-state index contributed by atoms with van der Waals surface area (Å²) in [5.74, 6) is -3.59. The predicted octanol–water partition coefficient (Wildman–Crippen LogP) is 2.01. The smallest absolute Gasteiger partial charge is 0.271 e. The maximum Gasteiger partial charge on any atom is 0.271 e. The van der Waals surface area contributed by atoms with Crippen molar-refractivity contribution in [1.29, 1.82) is 0 Å². The number of fused-ring (bicyclic) bond motifs is 1. The topological polar surface area (TPSA) is 150 Å². The number of amides is 3. The fraction of sp³-hybridized carbons (Fsp3) is 0. The minimum absolute atomic E-state index is 0.0126. The third kappa shape index (κ3) is 3.45. The highest BCUT2D eigenvalue weighted by atomic mass is 16.6. The first-order valence-corrected chi connectivity index (χ1v) is 9.17. The number of rotatable bonds is 5. The summed E-state index contributed by atoms with van der Waals surface area (Å²) in [4.78, 5) is 60.7. The lowest BCUT2D eigenvalue weighted by Crippen LogP contribution is -2.29. The SMILES string of the molecule is O=C(Nc1ccccc1C(=O)[O-])c1ccc2c(c1)C(=O)N(c1cccc([N+](=O)[O-])c1)C2=O. The Balaban J connectivity index is 1.65. The molecular weight excluding hydrogens is 418 g/mol. The summed E-state index contributed by atoms with van der Waals surface area (Å²) >= 11 is 0. The number of non-ortho nitro benzene ring substituents is 1. The summed E-state index contributed by atoms with van der Waals surface area (Å²) in [7, 11) is 0. The lowest BCUT2D eigenvalue weighted by atomic mass is 10.0. The Kier molecular flexibility index (Phi) is 4.95. The summed E-state index contributed by atoms with van der Waals surface area (Å²) in [5.41, 5.74) is -0.469. The van der Waals surface area contributed by atoms with E-state index in [1.807, 2.05) is 0 Å². The number of hydrogen-bond acceptors (Lipinski definition) is 7. The second kappa shape index (κ2) is 7.76. The van der Waals surface area contributed by atoms with Crippen molar-refractivity contribution < 1.29 is 29.2 Å². The van der Waals surface area contributed by atoms with Crippen molar-refractivity contribution in [3.8, 4) is 0 Å². The van der Waals surface area contributed by atoms with Crippen molar-refractivity contribution in [2.24, 2.45) is 0 Å². The number of nitro groups is 1. The van der Waals surface area contributed by atoms with Gasteiger partial charge in [0, 0.05) is 23.3 Å². The molecule has 0 aromatic heterocycles. The predicted molar refractivity (Wildman–Crippen MR) is 109 cm³/mol. The number of nitrogens with zero attached hydrogens (tertiary/aromatic N) is 2. The highest BCUT2D eigenvalue weighted by molar-refractivity contribution is 6.34. The van der Waals surface area contributed by atoms with E-state index in [2.05, 4.69) is 5.32 Å². The van der Waals surface area contributed by atoms with Gasteiger partial charge < -0.3 is 15.2 Å². The highest BCUT2D eigenvalue weighted by Crippen LogP contribution is 2.31. The molecule has 0 fully saturated rings. The van der Waals surface area contributed by atoms with Gasteiger partial charge in [-0.25, -0.2) is 4.90 Å². The number of nitro benzene ring substituents is 1. The molecule has 1 N–H and O–H groups in total. The van der Waals surface area contributed by atoms with E-state index in [9.17, 15) is 34.4 Å². The maximum absolute atomic E-state index is 12.9. The van der Waals surface area contributed by atoms with Gasteiger partial charge in [-0.15, -0.1) is 0 Å². The molecule has 0 bridgehead atoms. The number of imide groups is 1. The molecule has 0 saturated heterocycles. The molecule has 0 atom stereocenters. The van der Waals surface area contributed by atoms with Crippen LogP contribution < -0.4 is 15.3 Å². The molecule has 0 aliphatic carbocycles. The fourth-order valence-electron chi connectivity index (χ4n) is 3.33. The van der Waals surface area contributed by atoms with E-state index in [0.29, 0.717) is 0 Å². The van der Waals surface area contributed by atoms with Crippen molar-refractivity contribution in [3.05, 3.63) is 99.1 Å². The zero-order chi connectivity index (χ0) is 23.0. The number of nitrogens with one attached hydrogen (secondary N) is 1. The van der Waals surface area contributed by atoms with Crippen LogP contribution in [0.15, 0.2) is 66.7 Å². The van der Waals surface area contributed by atoms with Crippen molar-refractivity contribution >= 4 is 40.8 Å². The van der Waals surface area contributed by atoms with E-state index in [4.69, 9.17) is 0 Å². The van der Waals surface area contributed by atoms with Crippen molar-refractivity contribution in [3.63, 3.8) is 0 Å². The Morgan fingerprint density at radius 1 is 0.875 bits per heavy atom. The Bertz CT molecular complexity index is 1330. The fourth-order valence-corrected chi connectivity index (χ4v) is 3.33. The number of carbonyl (C=O) groups is 4. The summed E-state index contributed by atoms with van der Waals surface area (Å²) in [6.45, 7) is 0. The van der Waals surface area contributed by atoms with Gasteiger partial charge in [0.05, 0.1) is 33.4 Å². The third-order valence-corrected chi connectivity index (χ3v) is 4.84. The quantitative estimate of drug-likeness (QED) is 0.369. The maximum atomic E-state index is 12.9. The molecule has 158 valence electrons. The van der Waals surface area contributed by atoms with E-state index < -0.39 is 28.6 Å². The van der Waals surface area contributed by atoms with E-state index >= 15 is 0 Å². The van der Waals surface area contributed by atoms with Crippen LogP contribution in [0.25, 0.3) is 0 Å². The molecule has 10 nitrogen and oxygen atoms in total. The average molecular weight is 430 g/mol. The minimum Gasteiger partial charge on any atom is -0.545 e. The van der Waals surface area contributed by atoms with Gasteiger partial charge in [-0.1, -0.05) is 24.3 Å². The minimum atomic E-state index is -1.47. The number of carboxylic acid groups (broad SMARTS) is 1. The Hall–Kier alpha value is -4.86. The number of anilines is 2. The largest absolute Gasteiger partial charge is 0.545 e. The summed E-state index contributed by atoms with van der Waals surface area (Å²) < 4.78 is 0. The molecule has 1 aliphatic heterocycles. The first-order valence-electron chi connectivity index (χ1n) is 9.17. The lowest BCUT2D eigenvalue weighted by molar-refractivity contribution is -0.384. The molecule has 10 heteroatoms. The van der Waals surface area contributed by atoms with Crippen LogP contribution in [0.2, 0.25) is 0 Å². The molecule has 3 aromatic carbocycles. The van der Waals surface area contributed by atoms with Crippen LogP contribution in [-0.4, -0.2) is 28.6 Å². The molecule has 1 aliphatic rings. The van der Waals surface area contributed by atoms with Gasteiger partial charge in [-0.05, 0) is 30.3 Å². The lowest BCUT2D eigenvalue weighted by Gasteiger charge is -2.13. The van der Waals surface area contributed by atoms with Crippen LogP contribution in [0.5, 0.6) is 0 Å². The van der Waals surface area contributed by atoms with E-state index in [-0.39, 0.29) is 39.3 Å². The third-order valence-electron chi connectivity index (χ3n) is 4.84. The van der Waals surface area contributed by atoms with Crippen LogP contribution >= 0.6 is 0 Å². The van der Waals surface area contributed by atoms with Crippen LogP contribution in [0.4, 0.5) is 17.1 Å². The van der Waals surface area contributed by atoms with E-state index in [1.54, 1.807) is 0 Å². The normalized spacial score (nSPS) is 12.4. The van der Waals surface area contributed by atoms with Crippen molar-refractivity contribution in [1.82, 2.24) is 0 Å². The zero-order valence-corrected chi connectivity index (χ0v) is 16.1. The average Bonchev–Trinajstić information content (AvgIpc) is 3.03. The number of carbonyl (C=O) groups excluding carboxylic acids is 4. The molecular formula is C22H12N3O7-. The summed E-state index contributed by atoms with van der Waals surface area (Å²) in [6, 6.07) is 14.6. The summed E-state index contributed by atoms with van der Waals surface area (Å²) in [5, 5.41) is 24.7. The highest BCUT2D eigenvalue weighted by Gasteiger charge is 2.37. The molecule has 4 rings (SSSR count). The van der Waals surface area contributed by atoms with Crippen molar-refractivity contribution in [2.45, 2.75) is 0 Å². The molecule has 32 heavy (non-hydrogen) atoms.